The molecule has 3 rings (SSSR count). The van der Waals surface area contributed by atoms with Gasteiger partial charge in [-0.2, -0.15) is 4.31 Å². The van der Waals surface area contributed by atoms with Gasteiger partial charge >= 0.3 is 0 Å². The van der Waals surface area contributed by atoms with E-state index in [0.717, 1.165) is 30.7 Å². The van der Waals surface area contributed by atoms with E-state index >= 15 is 0 Å². The standard InChI is InChI=1S/C22H27FN2O4S/c1-29-20-8-4-17(5-9-20)3-2-14-24-22(26)18-12-15-25(16-13-18)30(27,28)21-10-6-19(23)7-11-21/h4-11,18H,2-3,12-16H2,1H3,(H,24,26). The van der Waals surface area contributed by atoms with E-state index in [1.54, 1.807) is 7.11 Å². The third kappa shape index (κ3) is 5.58. The van der Waals surface area contributed by atoms with E-state index in [1.807, 2.05) is 24.3 Å². The fourth-order valence-corrected chi connectivity index (χ4v) is 5.02. The second-order valence-corrected chi connectivity index (χ2v) is 9.31. The van der Waals surface area contributed by atoms with E-state index < -0.39 is 15.8 Å². The number of rotatable bonds is 8. The molecule has 1 aliphatic rings. The van der Waals surface area contributed by atoms with Crippen molar-refractivity contribution in [3.8, 4) is 5.75 Å². The van der Waals surface area contributed by atoms with E-state index in [1.165, 1.54) is 22.0 Å². The Kier molecular flexibility index (Phi) is 7.44. The topological polar surface area (TPSA) is 75.7 Å². The molecule has 0 saturated carbocycles. The maximum atomic E-state index is 13.1. The van der Waals surface area contributed by atoms with Crippen LogP contribution in [0.2, 0.25) is 0 Å². The van der Waals surface area contributed by atoms with E-state index in [4.69, 9.17) is 4.74 Å². The van der Waals surface area contributed by atoms with Gasteiger partial charge in [0.15, 0.2) is 0 Å². The number of carbonyl (C=O) groups excluding carboxylic acids is 1. The molecule has 1 amide bonds. The van der Waals surface area contributed by atoms with Crippen LogP contribution < -0.4 is 10.1 Å². The third-order valence-electron chi connectivity index (χ3n) is 5.38. The van der Waals surface area contributed by atoms with E-state index in [-0.39, 0.29) is 29.8 Å². The molecular weight excluding hydrogens is 407 g/mol. The molecule has 8 heteroatoms. The van der Waals surface area contributed by atoms with Crippen molar-refractivity contribution >= 4 is 15.9 Å². The second-order valence-electron chi connectivity index (χ2n) is 7.37. The average Bonchev–Trinajstić information content (AvgIpc) is 2.77. The molecule has 6 nitrogen and oxygen atoms in total. The number of methoxy groups -OCH3 is 1. The van der Waals surface area contributed by atoms with E-state index in [9.17, 15) is 17.6 Å². The van der Waals surface area contributed by atoms with Crippen molar-refractivity contribution in [3.05, 3.63) is 59.9 Å². The summed E-state index contributed by atoms with van der Waals surface area (Å²) < 4.78 is 44.9. The number of benzene rings is 2. The summed E-state index contributed by atoms with van der Waals surface area (Å²) in [6.07, 6.45) is 2.64. The Morgan fingerprint density at radius 2 is 1.73 bits per heavy atom. The second kappa shape index (κ2) is 10.0. The number of ether oxygens (including phenoxy) is 1. The maximum absolute atomic E-state index is 13.1. The SMILES string of the molecule is COc1ccc(CCCNC(=O)C2CCN(S(=O)(=O)c3ccc(F)cc3)CC2)cc1. The zero-order valence-corrected chi connectivity index (χ0v) is 17.8. The first-order valence-electron chi connectivity index (χ1n) is 10.1. The van der Waals surface area contributed by atoms with Crippen LogP contribution in [0.15, 0.2) is 53.4 Å². The highest BCUT2D eigenvalue weighted by molar-refractivity contribution is 7.89. The highest BCUT2D eigenvalue weighted by Gasteiger charge is 2.31. The van der Waals surface area contributed by atoms with Crippen LogP contribution in [0, 0.1) is 11.7 Å². The molecule has 1 saturated heterocycles. The van der Waals surface area contributed by atoms with Crippen molar-refractivity contribution in [2.45, 2.75) is 30.6 Å². The first-order valence-corrected chi connectivity index (χ1v) is 11.5. The zero-order chi connectivity index (χ0) is 21.6. The minimum absolute atomic E-state index is 0.0245. The van der Waals surface area contributed by atoms with Crippen LogP contribution in [0.1, 0.15) is 24.8 Å². The highest BCUT2D eigenvalue weighted by Crippen LogP contribution is 2.24. The first kappa shape index (κ1) is 22.2. The van der Waals surface area contributed by atoms with Gasteiger partial charge in [0.05, 0.1) is 12.0 Å². The molecule has 2 aromatic rings. The number of piperidine rings is 1. The smallest absolute Gasteiger partial charge is 0.243 e. The minimum Gasteiger partial charge on any atom is -0.497 e. The molecule has 1 aliphatic heterocycles. The molecule has 0 aliphatic carbocycles. The molecule has 162 valence electrons. The summed E-state index contributed by atoms with van der Waals surface area (Å²) >= 11 is 0. The number of nitrogens with one attached hydrogen (secondary N) is 1. The van der Waals surface area contributed by atoms with Gasteiger partial charge in [-0.15, -0.1) is 0 Å². The van der Waals surface area contributed by atoms with Gasteiger partial charge in [-0.1, -0.05) is 12.1 Å². The van der Waals surface area contributed by atoms with Crippen molar-refractivity contribution in [3.63, 3.8) is 0 Å². The van der Waals surface area contributed by atoms with Gasteiger partial charge in [-0.05, 0) is 67.6 Å². The number of aryl methyl sites for hydroxylation is 1. The Morgan fingerprint density at radius 1 is 1.10 bits per heavy atom. The van der Waals surface area contributed by atoms with Crippen LogP contribution in [-0.2, 0) is 21.2 Å². The number of carbonyl (C=O) groups is 1. The first-order chi connectivity index (χ1) is 14.4. The normalized spacial score (nSPS) is 15.7. The fourth-order valence-electron chi connectivity index (χ4n) is 3.55. The van der Waals surface area contributed by atoms with E-state index in [2.05, 4.69) is 5.32 Å². The lowest BCUT2D eigenvalue weighted by Crippen LogP contribution is -2.43. The average molecular weight is 435 g/mol. The molecule has 0 spiro atoms. The van der Waals surface area contributed by atoms with Crippen molar-refractivity contribution in [2.24, 2.45) is 5.92 Å². The van der Waals surface area contributed by atoms with Gasteiger partial charge in [0.25, 0.3) is 0 Å². The molecular formula is C22H27FN2O4S. The summed E-state index contributed by atoms with van der Waals surface area (Å²) in [7, 11) is -2.03. The number of nitrogens with zero attached hydrogens (tertiary/aromatic N) is 1. The van der Waals surface area contributed by atoms with Crippen molar-refractivity contribution in [2.75, 3.05) is 26.7 Å². The maximum Gasteiger partial charge on any atom is 0.243 e. The van der Waals surface area contributed by atoms with Gasteiger partial charge < -0.3 is 10.1 Å². The Morgan fingerprint density at radius 3 is 2.33 bits per heavy atom. The lowest BCUT2D eigenvalue weighted by atomic mass is 9.97. The van der Waals surface area contributed by atoms with Crippen molar-refractivity contribution in [1.82, 2.24) is 9.62 Å². The Labute approximate surface area is 177 Å². The molecule has 1 N–H and O–H groups in total. The van der Waals surface area contributed by atoms with Crippen LogP contribution in [0.5, 0.6) is 5.75 Å². The van der Waals surface area contributed by atoms with Gasteiger partial charge in [-0.25, -0.2) is 12.8 Å². The summed E-state index contributed by atoms with van der Waals surface area (Å²) in [5.41, 5.74) is 1.18. The number of hydrogen-bond acceptors (Lipinski definition) is 4. The van der Waals surface area contributed by atoms with Gasteiger partial charge in [0.2, 0.25) is 15.9 Å². The van der Waals surface area contributed by atoms with Gasteiger partial charge in [0.1, 0.15) is 11.6 Å². The lowest BCUT2D eigenvalue weighted by molar-refractivity contribution is -0.126. The lowest BCUT2D eigenvalue weighted by Gasteiger charge is -2.30. The summed E-state index contributed by atoms with van der Waals surface area (Å²) in [6, 6.07) is 12.7. The summed E-state index contributed by atoms with van der Waals surface area (Å²) in [5, 5.41) is 2.96. The summed E-state index contributed by atoms with van der Waals surface area (Å²) in [6.45, 7) is 1.15. The zero-order valence-electron chi connectivity index (χ0n) is 17.0. The summed E-state index contributed by atoms with van der Waals surface area (Å²) in [5.74, 6) is 0.130. The van der Waals surface area contributed by atoms with Crippen molar-refractivity contribution < 1.29 is 22.3 Å². The monoisotopic (exact) mass is 434 g/mol. The predicted octanol–water partition coefficient (Wildman–Crippen LogP) is 2.98. The molecule has 0 unspecified atom stereocenters. The molecule has 30 heavy (non-hydrogen) atoms. The molecule has 1 heterocycles. The van der Waals surface area contributed by atoms with Crippen LogP contribution >= 0.6 is 0 Å². The number of amides is 1. The van der Waals surface area contributed by atoms with Gasteiger partial charge in [0, 0.05) is 25.6 Å². The van der Waals surface area contributed by atoms with Crippen LogP contribution in [0.3, 0.4) is 0 Å². The molecule has 0 radical (unpaired) electrons. The van der Waals surface area contributed by atoms with Crippen LogP contribution in [0.4, 0.5) is 4.39 Å². The van der Waals surface area contributed by atoms with Crippen molar-refractivity contribution in [1.29, 1.82) is 0 Å². The Hall–Kier alpha value is -2.45. The van der Waals surface area contributed by atoms with Crippen LogP contribution in [0.25, 0.3) is 0 Å². The highest BCUT2D eigenvalue weighted by atomic mass is 32.2. The molecule has 2 aromatic carbocycles. The number of sulfonamides is 1. The predicted molar refractivity (Wildman–Crippen MR) is 112 cm³/mol. The minimum atomic E-state index is -3.66. The number of hydrogen-bond donors (Lipinski definition) is 1. The van der Waals surface area contributed by atoms with E-state index in [0.29, 0.717) is 19.4 Å². The number of halogens is 1. The quantitative estimate of drug-likeness (QED) is 0.648. The molecule has 1 fully saturated rings. The fraction of sp³-hybridized carbons (Fsp3) is 0.409. The molecule has 0 aromatic heterocycles. The Bertz CT molecular complexity index is 938. The summed E-state index contributed by atoms with van der Waals surface area (Å²) in [4.78, 5) is 12.5. The third-order valence-corrected chi connectivity index (χ3v) is 7.29. The Balaban J connectivity index is 1.42. The molecule has 0 bridgehead atoms. The van der Waals surface area contributed by atoms with Crippen LogP contribution in [-0.4, -0.2) is 45.4 Å². The van der Waals surface area contributed by atoms with Gasteiger partial charge in [-0.3, -0.25) is 4.79 Å². The molecule has 0 atom stereocenters. The largest absolute Gasteiger partial charge is 0.497 e.